The van der Waals surface area contributed by atoms with Crippen LogP contribution in [-0.4, -0.2) is 32.9 Å². The minimum absolute atomic E-state index is 0.228. The zero-order valence-corrected chi connectivity index (χ0v) is 11.4. The van der Waals surface area contributed by atoms with Crippen LogP contribution in [0.5, 0.6) is 5.75 Å². The van der Waals surface area contributed by atoms with Gasteiger partial charge in [-0.15, -0.1) is 0 Å². The molecule has 0 heterocycles. The maximum Gasteiger partial charge on any atom is 0.373 e. The first-order chi connectivity index (χ1) is 9.27. The summed E-state index contributed by atoms with van der Waals surface area (Å²) >= 11 is 0. The minimum atomic E-state index is -0.531. The third-order valence-corrected chi connectivity index (χ3v) is 2.41. The second-order valence-corrected chi connectivity index (χ2v) is 3.89. The van der Waals surface area contributed by atoms with Crippen LogP contribution in [0.25, 0.3) is 0 Å². The lowest BCUT2D eigenvalue weighted by atomic mass is 10.2. The lowest BCUT2D eigenvalue weighted by Crippen LogP contribution is -2.10. The molecule has 1 aromatic rings. The third kappa shape index (κ3) is 6.22. The molecule has 0 aliphatic carbocycles. The van der Waals surface area contributed by atoms with Crippen molar-refractivity contribution in [1.29, 1.82) is 0 Å². The first-order valence-electron chi connectivity index (χ1n) is 6.33. The van der Waals surface area contributed by atoms with E-state index in [1.807, 2.05) is 0 Å². The second-order valence-electron chi connectivity index (χ2n) is 3.89. The number of hydrogen-bond donors (Lipinski definition) is 0. The van der Waals surface area contributed by atoms with Crippen LogP contribution in [0.2, 0.25) is 0 Å². The van der Waals surface area contributed by atoms with Gasteiger partial charge in [0.05, 0.1) is 19.3 Å². The van der Waals surface area contributed by atoms with Crippen molar-refractivity contribution in [3.05, 3.63) is 29.8 Å². The van der Waals surface area contributed by atoms with Crippen molar-refractivity contribution < 1.29 is 24.0 Å². The Morgan fingerprint density at radius 1 is 1.11 bits per heavy atom. The van der Waals surface area contributed by atoms with E-state index in [1.165, 1.54) is 0 Å². The molecule has 0 aliphatic heterocycles. The van der Waals surface area contributed by atoms with Crippen molar-refractivity contribution in [2.75, 3.05) is 26.9 Å². The molecule has 19 heavy (non-hydrogen) atoms. The average molecular weight is 268 g/mol. The predicted molar refractivity (Wildman–Crippen MR) is 70.1 cm³/mol. The maximum atomic E-state index is 11.6. The van der Waals surface area contributed by atoms with Crippen molar-refractivity contribution in [3.8, 4) is 5.75 Å². The Kier molecular flexibility index (Phi) is 7.62. The molecule has 0 aromatic heterocycles. The van der Waals surface area contributed by atoms with Crippen LogP contribution in [0.4, 0.5) is 0 Å². The quantitative estimate of drug-likeness (QED) is 0.391. The highest BCUT2D eigenvalue weighted by Crippen LogP contribution is 2.12. The Morgan fingerprint density at radius 2 is 1.84 bits per heavy atom. The fourth-order valence-corrected chi connectivity index (χ4v) is 1.31. The van der Waals surface area contributed by atoms with Crippen molar-refractivity contribution in [2.24, 2.45) is 0 Å². The molecule has 106 valence electrons. The topological polar surface area (TPSA) is 54.0 Å². The number of carbonyl (C=O) groups excluding carboxylic acids is 1. The largest absolute Gasteiger partial charge is 0.497 e. The van der Waals surface area contributed by atoms with Crippen LogP contribution in [0.3, 0.4) is 0 Å². The Hall–Kier alpha value is -1.59. The molecule has 0 fully saturated rings. The number of methoxy groups -OCH3 is 1. The van der Waals surface area contributed by atoms with Crippen LogP contribution in [-0.2, 0) is 14.5 Å². The molecule has 0 aliphatic rings. The maximum absolute atomic E-state index is 11.6. The highest BCUT2D eigenvalue weighted by Gasteiger charge is 2.08. The lowest BCUT2D eigenvalue weighted by Gasteiger charge is -2.05. The molecule has 5 heteroatoms. The molecule has 0 bridgehead atoms. The second kappa shape index (κ2) is 9.35. The number of ether oxygens (including phenoxy) is 2. The smallest absolute Gasteiger partial charge is 0.373 e. The van der Waals surface area contributed by atoms with E-state index in [9.17, 15) is 4.79 Å². The van der Waals surface area contributed by atoms with Gasteiger partial charge in [-0.2, -0.15) is 4.89 Å². The van der Waals surface area contributed by atoms with Crippen molar-refractivity contribution >= 4 is 5.97 Å². The lowest BCUT2D eigenvalue weighted by molar-refractivity contribution is -0.247. The number of carbonyl (C=O) groups is 1. The summed E-state index contributed by atoms with van der Waals surface area (Å²) in [4.78, 5) is 21.0. The van der Waals surface area contributed by atoms with Crippen LogP contribution in [0, 0.1) is 0 Å². The highest BCUT2D eigenvalue weighted by molar-refractivity contribution is 5.89. The number of rotatable bonds is 9. The summed E-state index contributed by atoms with van der Waals surface area (Å²) in [6.07, 6.45) is 2.11. The van der Waals surface area contributed by atoms with Crippen molar-refractivity contribution in [3.63, 3.8) is 0 Å². The molecule has 0 amide bonds. The van der Waals surface area contributed by atoms with Crippen LogP contribution in [0.15, 0.2) is 24.3 Å². The molecule has 0 atom stereocenters. The van der Waals surface area contributed by atoms with E-state index in [0.29, 0.717) is 24.5 Å². The van der Waals surface area contributed by atoms with E-state index in [0.717, 1.165) is 12.8 Å². The first kappa shape index (κ1) is 15.5. The molecule has 5 nitrogen and oxygen atoms in total. The van der Waals surface area contributed by atoms with Gasteiger partial charge in [0.25, 0.3) is 0 Å². The zero-order chi connectivity index (χ0) is 13.9. The van der Waals surface area contributed by atoms with E-state index in [4.69, 9.17) is 14.4 Å². The molecule has 1 rings (SSSR count). The van der Waals surface area contributed by atoms with Gasteiger partial charge in [0.1, 0.15) is 12.4 Å². The van der Waals surface area contributed by atoms with Crippen LogP contribution in [0.1, 0.15) is 30.1 Å². The Bertz CT molecular complexity index is 361. The summed E-state index contributed by atoms with van der Waals surface area (Å²) < 4.78 is 10.3. The number of benzene rings is 1. The van der Waals surface area contributed by atoms with Gasteiger partial charge in [-0.1, -0.05) is 13.3 Å². The van der Waals surface area contributed by atoms with Gasteiger partial charge >= 0.3 is 5.97 Å². The zero-order valence-electron chi connectivity index (χ0n) is 11.4. The summed E-state index contributed by atoms with van der Waals surface area (Å²) in [5, 5.41) is 0. The molecule has 0 spiro atoms. The van der Waals surface area contributed by atoms with E-state index in [1.54, 1.807) is 31.4 Å². The van der Waals surface area contributed by atoms with Gasteiger partial charge in [-0.05, 0) is 30.7 Å². The minimum Gasteiger partial charge on any atom is -0.497 e. The molecular formula is C14H20O5. The first-order valence-corrected chi connectivity index (χ1v) is 6.33. The average Bonchev–Trinajstić information content (AvgIpc) is 2.46. The molecule has 0 saturated heterocycles. The molecule has 0 unspecified atom stereocenters. The normalized spacial score (nSPS) is 10.2. The van der Waals surface area contributed by atoms with Gasteiger partial charge in [-0.25, -0.2) is 4.79 Å². The summed E-state index contributed by atoms with van der Waals surface area (Å²) in [7, 11) is 1.56. The highest BCUT2D eigenvalue weighted by atomic mass is 17.2. The summed E-state index contributed by atoms with van der Waals surface area (Å²) in [6, 6.07) is 6.60. The summed E-state index contributed by atoms with van der Waals surface area (Å²) in [5.41, 5.74) is 0.410. The van der Waals surface area contributed by atoms with Gasteiger partial charge in [0.2, 0.25) is 0 Å². The standard InChI is InChI=1S/C14H20O5/c1-3-4-9-17-10-11-18-19-14(15)12-5-7-13(16-2)8-6-12/h5-8H,3-4,9-11H2,1-2H3. The third-order valence-electron chi connectivity index (χ3n) is 2.41. The van der Waals surface area contributed by atoms with Crippen LogP contribution >= 0.6 is 0 Å². The Morgan fingerprint density at radius 3 is 2.47 bits per heavy atom. The van der Waals surface area contributed by atoms with E-state index in [2.05, 4.69) is 11.8 Å². The van der Waals surface area contributed by atoms with Gasteiger partial charge in [0.15, 0.2) is 0 Å². The van der Waals surface area contributed by atoms with E-state index >= 15 is 0 Å². The van der Waals surface area contributed by atoms with Gasteiger partial charge < -0.3 is 9.47 Å². The Labute approximate surface area is 113 Å². The molecule has 0 N–H and O–H groups in total. The molecule has 1 aromatic carbocycles. The monoisotopic (exact) mass is 268 g/mol. The summed E-state index contributed by atoms with van der Waals surface area (Å²) in [5.74, 6) is 0.151. The molecule has 0 radical (unpaired) electrons. The fourth-order valence-electron chi connectivity index (χ4n) is 1.31. The number of hydrogen-bond acceptors (Lipinski definition) is 5. The van der Waals surface area contributed by atoms with Gasteiger partial charge in [0, 0.05) is 6.61 Å². The Balaban J connectivity index is 2.16. The fraction of sp³-hybridized carbons (Fsp3) is 0.500. The van der Waals surface area contributed by atoms with Crippen molar-refractivity contribution in [2.45, 2.75) is 19.8 Å². The predicted octanol–water partition coefficient (Wildman–Crippen LogP) is 2.60. The van der Waals surface area contributed by atoms with Gasteiger partial charge in [-0.3, -0.25) is 4.89 Å². The van der Waals surface area contributed by atoms with Crippen molar-refractivity contribution in [1.82, 2.24) is 0 Å². The van der Waals surface area contributed by atoms with Crippen LogP contribution < -0.4 is 4.74 Å². The molecular weight excluding hydrogens is 248 g/mol. The number of unbranched alkanes of at least 4 members (excludes halogenated alkanes) is 1. The van der Waals surface area contributed by atoms with E-state index in [-0.39, 0.29) is 6.61 Å². The summed E-state index contributed by atoms with van der Waals surface area (Å²) in [6.45, 7) is 3.43. The van der Waals surface area contributed by atoms with E-state index < -0.39 is 5.97 Å². The SMILES string of the molecule is CCCCOCCOOC(=O)c1ccc(OC)cc1. The molecule has 0 saturated carbocycles.